The summed E-state index contributed by atoms with van der Waals surface area (Å²) in [6, 6.07) is 7.98. The van der Waals surface area contributed by atoms with E-state index in [1.165, 1.54) is 9.80 Å². The van der Waals surface area contributed by atoms with E-state index in [0.717, 1.165) is 6.07 Å². The number of imide groups is 1. The summed E-state index contributed by atoms with van der Waals surface area (Å²) in [5, 5.41) is 0. The van der Waals surface area contributed by atoms with Gasteiger partial charge in [-0.2, -0.15) is 4.90 Å². The van der Waals surface area contributed by atoms with E-state index < -0.39 is 58.7 Å². The van der Waals surface area contributed by atoms with Gasteiger partial charge >= 0.3 is 18.2 Å². The van der Waals surface area contributed by atoms with Crippen LogP contribution in [0.1, 0.15) is 57.8 Å². The second kappa shape index (κ2) is 13.6. The average molecular weight is 590 g/mol. The van der Waals surface area contributed by atoms with E-state index in [-0.39, 0.29) is 25.6 Å². The van der Waals surface area contributed by atoms with Crippen molar-refractivity contribution < 1.29 is 37.4 Å². The molecule has 5 amide bonds. The number of anilines is 2. The van der Waals surface area contributed by atoms with E-state index in [1.807, 2.05) is 13.8 Å². The molecule has 11 nitrogen and oxygen atoms in total. The summed E-state index contributed by atoms with van der Waals surface area (Å²) < 4.78 is 40.6. The van der Waals surface area contributed by atoms with Gasteiger partial charge in [0, 0.05) is 30.9 Å². The molecule has 1 aliphatic rings. The van der Waals surface area contributed by atoms with E-state index in [1.54, 1.807) is 56.5 Å². The minimum absolute atomic E-state index is 0.167. The minimum Gasteiger partial charge on any atom is -0.449 e. The number of nitrogen functional groups attached to an aromatic ring is 1. The standard InChI is InChI=1S/C29H37F2N5O6/c1-18(2)17-41-27(39)34-13-11-20(12-14-34)35(19-9-7-6-8-10-19)26(38)36(28(40)42-29(3,4)5)24-15-21(25(37)33-32)22(30)16-23(24)31/h6-10,15-16,18,20H,11-14,17,32H2,1-5H3,(H,33,37). The Kier molecular flexibility index (Phi) is 10.4. The molecule has 2 aromatic carbocycles. The van der Waals surface area contributed by atoms with Crippen molar-refractivity contribution in [3.8, 4) is 0 Å². The molecule has 0 saturated carbocycles. The van der Waals surface area contributed by atoms with Gasteiger partial charge in [0.15, 0.2) is 5.82 Å². The fourth-order valence-corrected chi connectivity index (χ4v) is 4.36. The van der Waals surface area contributed by atoms with Crippen LogP contribution in [0.15, 0.2) is 42.5 Å². The Balaban J connectivity index is 2.04. The third-order valence-electron chi connectivity index (χ3n) is 6.29. The second-order valence-corrected chi connectivity index (χ2v) is 11.2. The van der Waals surface area contributed by atoms with Crippen LogP contribution in [0.2, 0.25) is 0 Å². The Hall–Kier alpha value is -4.26. The van der Waals surface area contributed by atoms with Crippen LogP contribution in [0, 0.1) is 17.6 Å². The first kappa shape index (κ1) is 32.3. The van der Waals surface area contributed by atoms with Gasteiger partial charge in [-0.3, -0.25) is 15.1 Å². The summed E-state index contributed by atoms with van der Waals surface area (Å²) in [4.78, 5) is 55.8. The van der Waals surface area contributed by atoms with Crippen molar-refractivity contribution in [2.45, 2.75) is 59.1 Å². The predicted molar refractivity (Wildman–Crippen MR) is 152 cm³/mol. The molecule has 0 bridgehead atoms. The third kappa shape index (κ3) is 7.93. The highest BCUT2D eigenvalue weighted by molar-refractivity contribution is 6.18. The normalized spacial score (nSPS) is 13.9. The lowest BCUT2D eigenvalue weighted by atomic mass is 10.0. The summed E-state index contributed by atoms with van der Waals surface area (Å²) >= 11 is 0. The van der Waals surface area contributed by atoms with Crippen LogP contribution >= 0.6 is 0 Å². The van der Waals surface area contributed by atoms with E-state index in [9.17, 15) is 23.6 Å². The highest BCUT2D eigenvalue weighted by Gasteiger charge is 2.39. The fraction of sp³-hybridized carbons (Fsp3) is 0.448. The minimum atomic E-state index is -1.28. The number of rotatable bonds is 6. The summed E-state index contributed by atoms with van der Waals surface area (Å²) in [6.07, 6.45) is -1.08. The number of nitrogens with two attached hydrogens (primary N) is 1. The monoisotopic (exact) mass is 589 g/mol. The first-order valence-corrected chi connectivity index (χ1v) is 13.6. The topological polar surface area (TPSA) is 135 Å². The fourth-order valence-electron chi connectivity index (χ4n) is 4.36. The number of nitrogens with one attached hydrogen (secondary N) is 1. The summed E-state index contributed by atoms with van der Waals surface area (Å²) in [5.74, 6) is 1.70. The van der Waals surface area contributed by atoms with Gasteiger partial charge in [0.25, 0.3) is 5.91 Å². The van der Waals surface area contributed by atoms with Gasteiger partial charge in [-0.15, -0.1) is 0 Å². The smallest absolute Gasteiger partial charge is 0.423 e. The molecule has 228 valence electrons. The van der Waals surface area contributed by atoms with Crippen LogP contribution in [-0.4, -0.2) is 60.4 Å². The zero-order chi connectivity index (χ0) is 31.2. The Labute approximate surface area is 243 Å². The maximum atomic E-state index is 15.3. The largest absolute Gasteiger partial charge is 0.449 e. The number of amides is 5. The molecule has 13 heteroatoms. The highest BCUT2D eigenvalue weighted by Crippen LogP contribution is 2.31. The number of hydrogen-bond acceptors (Lipinski definition) is 7. The molecular formula is C29H37F2N5O6. The molecule has 42 heavy (non-hydrogen) atoms. The Morgan fingerprint density at radius 1 is 1.05 bits per heavy atom. The molecule has 0 spiro atoms. The third-order valence-corrected chi connectivity index (χ3v) is 6.29. The lowest BCUT2D eigenvalue weighted by Gasteiger charge is -2.40. The van der Waals surface area contributed by atoms with Gasteiger partial charge in [0.05, 0.1) is 17.9 Å². The predicted octanol–water partition coefficient (Wildman–Crippen LogP) is 5.19. The number of hydrazine groups is 1. The lowest BCUT2D eigenvalue weighted by molar-refractivity contribution is 0.0592. The Morgan fingerprint density at radius 3 is 2.21 bits per heavy atom. The number of ether oxygens (including phenoxy) is 2. The number of urea groups is 1. The molecule has 0 atom stereocenters. The van der Waals surface area contributed by atoms with Crippen LogP contribution in [0.4, 0.5) is 34.5 Å². The number of nitrogens with zero attached hydrogens (tertiary/aromatic N) is 3. The summed E-state index contributed by atoms with van der Waals surface area (Å²) in [6.45, 7) is 9.32. The van der Waals surface area contributed by atoms with Gasteiger partial charge < -0.3 is 14.4 Å². The molecule has 0 aliphatic carbocycles. The van der Waals surface area contributed by atoms with Crippen LogP contribution in [-0.2, 0) is 9.47 Å². The first-order valence-electron chi connectivity index (χ1n) is 13.6. The number of piperidine rings is 1. The molecule has 0 radical (unpaired) electrons. The van der Waals surface area contributed by atoms with Crippen LogP contribution in [0.3, 0.4) is 0 Å². The van der Waals surface area contributed by atoms with Crippen molar-refractivity contribution in [1.82, 2.24) is 10.3 Å². The number of likely N-dealkylation sites (tertiary alicyclic amines) is 1. The second-order valence-electron chi connectivity index (χ2n) is 11.2. The van der Waals surface area contributed by atoms with Gasteiger partial charge in [0.1, 0.15) is 11.4 Å². The molecule has 1 saturated heterocycles. The SMILES string of the molecule is CC(C)COC(=O)N1CCC(N(C(=O)N(C(=O)OC(C)(C)C)c2cc(C(=O)NN)c(F)cc2F)c2ccccc2)CC1. The highest BCUT2D eigenvalue weighted by atomic mass is 19.1. The molecule has 0 aromatic heterocycles. The molecule has 3 N–H and O–H groups in total. The average Bonchev–Trinajstić information content (AvgIpc) is 2.92. The van der Waals surface area contributed by atoms with Gasteiger partial charge in [0.2, 0.25) is 0 Å². The van der Waals surface area contributed by atoms with Crippen LogP contribution in [0.5, 0.6) is 0 Å². The van der Waals surface area contributed by atoms with Crippen molar-refractivity contribution in [2.24, 2.45) is 11.8 Å². The maximum absolute atomic E-state index is 15.3. The lowest BCUT2D eigenvalue weighted by Crippen LogP contribution is -2.55. The van der Waals surface area contributed by atoms with E-state index in [0.29, 0.717) is 29.5 Å². The van der Waals surface area contributed by atoms with Gasteiger partial charge in [-0.1, -0.05) is 32.0 Å². The first-order chi connectivity index (χ1) is 19.7. The quantitative estimate of drug-likeness (QED) is 0.269. The molecule has 1 heterocycles. The number of benzene rings is 2. The summed E-state index contributed by atoms with van der Waals surface area (Å²) in [7, 11) is 0. The van der Waals surface area contributed by atoms with E-state index >= 15 is 4.39 Å². The van der Waals surface area contributed by atoms with Crippen LogP contribution < -0.4 is 21.1 Å². The Morgan fingerprint density at radius 2 is 1.67 bits per heavy atom. The Bertz CT molecular complexity index is 1290. The van der Waals surface area contributed by atoms with E-state index in [2.05, 4.69) is 0 Å². The molecule has 1 fully saturated rings. The van der Waals surface area contributed by atoms with Crippen molar-refractivity contribution >= 4 is 35.5 Å². The van der Waals surface area contributed by atoms with Gasteiger partial charge in [-0.25, -0.2) is 29.0 Å². The number of hydrogen-bond donors (Lipinski definition) is 2. The zero-order valence-electron chi connectivity index (χ0n) is 24.4. The van der Waals surface area contributed by atoms with Crippen molar-refractivity contribution in [3.63, 3.8) is 0 Å². The molecular weight excluding hydrogens is 552 g/mol. The molecule has 3 rings (SSSR count). The number of carbonyl (C=O) groups excluding carboxylic acids is 4. The van der Waals surface area contributed by atoms with E-state index in [4.69, 9.17) is 15.3 Å². The van der Waals surface area contributed by atoms with Crippen molar-refractivity contribution in [2.75, 3.05) is 29.5 Å². The van der Waals surface area contributed by atoms with Gasteiger partial charge in [-0.05, 0) is 57.7 Å². The molecule has 1 aliphatic heterocycles. The summed E-state index contributed by atoms with van der Waals surface area (Å²) in [5.41, 5.74) is -0.336. The maximum Gasteiger partial charge on any atom is 0.423 e. The van der Waals surface area contributed by atoms with Crippen LogP contribution in [0.25, 0.3) is 0 Å². The van der Waals surface area contributed by atoms with Crippen molar-refractivity contribution in [3.05, 3.63) is 59.7 Å². The molecule has 0 unspecified atom stereocenters. The number of carbonyl (C=O) groups is 4. The van der Waals surface area contributed by atoms with Crippen molar-refractivity contribution in [1.29, 1.82) is 0 Å². The zero-order valence-corrected chi connectivity index (χ0v) is 24.4. The number of para-hydroxylation sites is 1. The molecule has 2 aromatic rings. The number of halogens is 2.